The largest absolute Gasteiger partial charge is 0.345 e. The maximum Gasteiger partial charge on any atom is 0.251 e. The van der Waals surface area contributed by atoms with Crippen LogP contribution in [0.4, 0.5) is 0 Å². The number of hydrogen-bond acceptors (Lipinski definition) is 4. The van der Waals surface area contributed by atoms with E-state index in [0.717, 1.165) is 26.9 Å². The first kappa shape index (κ1) is 19.2. The monoisotopic (exact) mass is 410 g/mol. The molecule has 1 aliphatic heterocycles. The van der Waals surface area contributed by atoms with E-state index in [1.807, 2.05) is 18.2 Å². The fourth-order valence-corrected chi connectivity index (χ4v) is 4.93. The van der Waals surface area contributed by atoms with E-state index in [-0.39, 0.29) is 16.8 Å². The molecule has 0 saturated heterocycles. The van der Waals surface area contributed by atoms with Crippen molar-refractivity contribution in [3.63, 3.8) is 0 Å². The Balaban J connectivity index is 1.79. The van der Waals surface area contributed by atoms with Crippen LogP contribution >= 0.6 is 23.4 Å². The second-order valence-electron chi connectivity index (χ2n) is 6.16. The maximum absolute atomic E-state index is 12.6. The van der Waals surface area contributed by atoms with E-state index in [0.29, 0.717) is 10.6 Å². The summed E-state index contributed by atoms with van der Waals surface area (Å²) in [5.41, 5.74) is 1.44. The van der Waals surface area contributed by atoms with Crippen molar-refractivity contribution in [1.82, 2.24) is 9.62 Å². The molecular formula is C18H19ClN2O3S2. The summed E-state index contributed by atoms with van der Waals surface area (Å²) in [6, 6.07) is 11.6. The molecular weight excluding hydrogens is 392 g/mol. The SMILES string of the molecule is CN(C)S(=O)(=O)c1ccc(C(=O)N[C@H]2CCSc3ccc(Cl)cc32)cc1. The summed E-state index contributed by atoms with van der Waals surface area (Å²) in [4.78, 5) is 13.9. The van der Waals surface area contributed by atoms with Crippen LogP contribution in [0.5, 0.6) is 0 Å². The fraction of sp³-hybridized carbons (Fsp3) is 0.278. The van der Waals surface area contributed by atoms with Crippen LogP contribution in [0.1, 0.15) is 28.4 Å². The first-order valence-electron chi connectivity index (χ1n) is 8.05. The minimum absolute atomic E-state index is 0.109. The molecule has 1 heterocycles. The zero-order valence-electron chi connectivity index (χ0n) is 14.4. The molecule has 0 spiro atoms. The third-order valence-corrected chi connectivity index (χ3v) is 7.40. The van der Waals surface area contributed by atoms with E-state index in [1.165, 1.54) is 38.4 Å². The molecule has 1 aliphatic rings. The second-order valence-corrected chi connectivity index (χ2v) is 9.88. The van der Waals surface area contributed by atoms with Crippen LogP contribution in [0.25, 0.3) is 0 Å². The Kier molecular flexibility index (Phi) is 5.62. The zero-order valence-corrected chi connectivity index (χ0v) is 16.8. The molecule has 1 N–H and O–H groups in total. The summed E-state index contributed by atoms with van der Waals surface area (Å²) in [6.45, 7) is 0. The van der Waals surface area contributed by atoms with E-state index >= 15 is 0 Å². The lowest BCUT2D eigenvalue weighted by Gasteiger charge is -2.26. The highest BCUT2D eigenvalue weighted by atomic mass is 35.5. The molecule has 26 heavy (non-hydrogen) atoms. The fourth-order valence-electron chi connectivity index (χ4n) is 2.75. The Morgan fingerprint density at radius 2 is 1.88 bits per heavy atom. The summed E-state index contributed by atoms with van der Waals surface area (Å²) >= 11 is 7.85. The number of thioether (sulfide) groups is 1. The van der Waals surface area contributed by atoms with E-state index in [1.54, 1.807) is 11.8 Å². The van der Waals surface area contributed by atoms with Crippen LogP contribution in [0, 0.1) is 0 Å². The summed E-state index contributed by atoms with van der Waals surface area (Å²) in [7, 11) is -0.563. The Bertz CT molecular complexity index is 928. The number of hydrogen-bond donors (Lipinski definition) is 1. The van der Waals surface area contributed by atoms with Crippen molar-refractivity contribution < 1.29 is 13.2 Å². The predicted octanol–water partition coefficient (Wildman–Crippen LogP) is 3.56. The van der Waals surface area contributed by atoms with Gasteiger partial charge in [0, 0.05) is 35.3 Å². The number of halogens is 1. The van der Waals surface area contributed by atoms with Crippen LogP contribution in [0.15, 0.2) is 52.3 Å². The number of rotatable bonds is 4. The predicted molar refractivity (Wildman–Crippen MR) is 104 cm³/mol. The van der Waals surface area contributed by atoms with Gasteiger partial charge in [0.1, 0.15) is 0 Å². The topological polar surface area (TPSA) is 66.5 Å². The Labute approximate surface area is 162 Å². The van der Waals surface area contributed by atoms with Crippen LogP contribution in [0.3, 0.4) is 0 Å². The minimum atomic E-state index is -3.51. The van der Waals surface area contributed by atoms with Gasteiger partial charge in [0.15, 0.2) is 0 Å². The van der Waals surface area contributed by atoms with Gasteiger partial charge in [0.2, 0.25) is 10.0 Å². The van der Waals surface area contributed by atoms with E-state index in [2.05, 4.69) is 5.32 Å². The van der Waals surface area contributed by atoms with Crippen molar-refractivity contribution in [3.8, 4) is 0 Å². The smallest absolute Gasteiger partial charge is 0.251 e. The molecule has 0 fully saturated rings. The number of nitrogens with zero attached hydrogens (tertiary/aromatic N) is 1. The molecule has 5 nitrogen and oxygen atoms in total. The van der Waals surface area contributed by atoms with Gasteiger partial charge in [-0.25, -0.2) is 12.7 Å². The first-order valence-corrected chi connectivity index (χ1v) is 10.8. The lowest BCUT2D eigenvalue weighted by Crippen LogP contribution is -2.30. The normalized spacial score (nSPS) is 17.0. The Morgan fingerprint density at radius 3 is 2.54 bits per heavy atom. The van der Waals surface area contributed by atoms with Gasteiger partial charge in [-0.15, -0.1) is 11.8 Å². The highest BCUT2D eigenvalue weighted by Crippen LogP contribution is 2.37. The van der Waals surface area contributed by atoms with Crippen molar-refractivity contribution in [1.29, 1.82) is 0 Å². The van der Waals surface area contributed by atoms with Crippen molar-refractivity contribution in [2.24, 2.45) is 0 Å². The molecule has 0 aliphatic carbocycles. The molecule has 1 amide bonds. The number of fused-ring (bicyclic) bond motifs is 1. The summed E-state index contributed by atoms with van der Waals surface area (Å²) in [6.07, 6.45) is 0.816. The third kappa shape index (κ3) is 3.91. The number of carbonyl (C=O) groups is 1. The van der Waals surface area contributed by atoms with Gasteiger partial charge in [0.25, 0.3) is 5.91 Å². The molecule has 8 heteroatoms. The highest BCUT2D eigenvalue weighted by molar-refractivity contribution is 7.99. The molecule has 1 atom stereocenters. The molecule has 2 aromatic carbocycles. The van der Waals surface area contributed by atoms with Gasteiger partial charge in [-0.2, -0.15) is 0 Å². The Morgan fingerprint density at radius 1 is 1.19 bits per heavy atom. The molecule has 138 valence electrons. The van der Waals surface area contributed by atoms with Gasteiger partial charge in [0.05, 0.1) is 10.9 Å². The average Bonchev–Trinajstić information content (AvgIpc) is 2.62. The first-order chi connectivity index (χ1) is 12.3. The highest BCUT2D eigenvalue weighted by Gasteiger charge is 2.23. The number of nitrogens with one attached hydrogen (secondary N) is 1. The molecule has 0 bridgehead atoms. The van der Waals surface area contributed by atoms with Crippen LogP contribution in [-0.2, 0) is 10.0 Å². The average molecular weight is 411 g/mol. The van der Waals surface area contributed by atoms with Crippen molar-refractivity contribution in [3.05, 3.63) is 58.6 Å². The number of amides is 1. The van der Waals surface area contributed by atoms with Crippen molar-refractivity contribution >= 4 is 39.3 Å². The van der Waals surface area contributed by atoms with Gasteiger partial charge < -0.3 is 5.32 Å². The summed E-state index contributed by atoms with van der Waals surface area (Å²) < 4.78 is 25.4. The summed E-state index contributed by atoms with van der Waals surface area (Å²) in [5, 5.41) is 3.67. The number of carbonyl (C=O) groups excluding carboxylic acids is 1. The van der Waals surface area contributed by atoms with Gasteiger partial charge in [-0.05, 0) is 54.4 Å². The van der Waals surface area contributed by atoms with Crippen LogP contribution in [-0.4, -0.2) is 38.5 Å². The quantitative estimate of drug-likeness (QED) is 0.836. The van der Waals surface area contributed by atoms with Crippen molar-refractivity contribution in [2.75, 3.05) is 19.8 Å². The third-order valence-electron chi connectivity index (χ3n) is 4.21. The van der Waals surface area contributed by atoms with Crippen LogP contribution < -0.4 is 5.32 Å². The van der Waals surface area contributed by atoms with E-state index < -0.39 is 10.0 Å². The lowest BCUT2D eigenvalue weighted by molar-refractivity contribution is 0.0935. The molecule has 0 unspecified atom stereocenters. The van der Waals surface area contributed by atoms with E-state index in [4.69, 9.17) is 11.6 Å². The second kappa shape index (κ2) is 7.60. The zero-order chi connectivity index (χ0) is 18.9. The van der Waals surface area contributed by atoms with Gasteiger partial charge in [-0.1, -0.05) is 11.6 Å². The maximum atomic E-state index is 12.6. The van der Waals surface area contributed by atoms with Gasteiger partial charge >= 0.3 is 0 Å². The van der Waals surface area contributed by atoms with Crippen LogP contribution in [0.2, 0.25) is 5.02 Å². The molecule has 2 aromatic rings. The Hall–Kier alpha value is -1.54. The van der Waals surface area contributed by atoms with Gasteiger partial charge in [-0.3, -0.25) is 4.79 Å². The number of benzene rings is 2. The van der Waals surface area contributed by atoms with Crippen molar-refractivity contribution in [2.45, 2.75) is 22.3 Å². The summed E-state index contributed by atoms with van der Waals surface area (Å²) in [5.74, 6) is 0.682. The molecule has 0 aromatic heterocycles. The van der Waals surface area contributed by atoms with E-state index in [9.17, 15) is 13.2 Å². The lowest BCUT2D eigenvalue weighted by atomic mass is 10.0. The standard InChI is InChI=1S/C18H19ClN2O3S2/c1-21(2)26(23,24)14-6-3-12(4-7-14)18(22)20-16-9-10-25-17-8-5-13(19)11-15(16)17/h3-8,11,16H,9-10H2,1-2H3,(H,20,22)/t16-/m0/s1. The molecule has 3 rings (SSSR count). The molecule has 0 saturated carbocycles. The molecule has 0 radical (unpaired) electrons. The minimum Gasteiger partial charge on any atom is -0.345 e. The number of sulfonamides is 1.